The summed E-state index contributed by atoms with van der Waals surface area (Å²) in [5.41, 5.74) is 1.50. The summed E-state index contributed by atoms with van der Waals surface area (Å²) >= 11 is 1.55. The molecule has 29 heavy (non-hydrogen) atoms. The molecule has 0 fully saturated rings. The zero-order chi connectivity index (χ0) is 20.4. The van der Waals surface area contributed by atoms with Gasteiger partial charge in [-0.05, 0) is 48.8 Å². The molecular weight excluding hydrogens is 390 g/mol. The van der Waals surface area contributed by atoms with Gasteiger partial charge in [-0.1, -0.05) is 12.1 Å². The van der Waals surface area contributed by atoms with Crippen LogP contribution >= 0.6 is 11.8 Å². The Kier molecular flexibility index (Phi) is 5.22. The summed E-state index contributed by atoms with van der Waals surface area (Å²) < 4.78 is 1.02. The summed E-state index contributed by atoms with van der Waals surface area (Å²) in [5.74, 6) is 0.205. The van der Waals surface area contributed by atoms with E-state index in [1.807, 2.05) is 6.26 Å². The summed E-state index contributed by atoms with van der Waals surface area (Å²) in [6.45, 7) is 0. The molecule has 0 radical (unpaired) electrons. The van der Waals surface area contributed by atoms with Crippen molar-refractivity contribution >= 4 is 45.3 Å². The molecule has 1 amide bonds. The number of thioether (sulfide) groups is 1. The predicted molar refractivity (Wildman–Crippen MR) is 116 cm³/mol. The molecule has 4 aromatic rings. The molecule has 1 atom stereocenters. The van der Waals surface area contributed by atoms with Crippen LogP contribution < -0.4 is 16.6 Å². The standard InChI is InChI=1S/C20H19N5O3S/c1-29-9-8-17(18(26)23-12-6-7-15-16(10-12)22-11-21-15)25-19(27)13-4-2-3-5-14(13)24-20(25)28/h2-7,10-11,17H,8-9H2,1H3,(H,21,22)(H,23,26)(H,24,28). The first kappa shape index (κ1) is 19.0. The highest BCUT2D eigenvalue weighted by atomic mass is 32.2. The maximum Gasteiger partial charge on any atom is 0.329 e. The summed E-state index contributed by atoms with van der Waals surface area (Å²) in [7, 11) is 0. The largest absolute Gasteiger partial charge is 0.345 e. The fraction of sp³-hybridized carbons (Fsp3) is 0.200. The minimum Gasteiger partial charge on any atom is -0.345 e. The van der Waals surface area contributed by atoms with Gasteiger partial charge in [0.25, 0.3) is 5.56 Å². The highest BCUT2D eigenvalue weighted by Crippen LogP contribution is 2.19. The van der Waals surface area contributed by atoms with Crippen molar-refractivity contribution in [2.24, 2.45) is 0 Å². The topological polar surface area (TPSA) is 113 Å². The summed E-state index contributed by atoms with van der Waals surface area (Å²) in [6, 6.07) is 11.1. The van der Waals surface area contributed by atoms with E-state index in [0.717, 1.165) is 15.6 Å². The van der Waals surface area contributed by atoms with Crippen LogP contribution in [0.3, 0.4) is 0 Å². The van der Waals surface area contributed by atoms with Crippen LogP contribution in [0.2, 0.25) is 0 Å². The molecule has 0 spiro atoms. The van der Waals surface area contributed by atoms with Crippen molar-refractivity contribution < 1.29 is 4.79 Å². The third kappa shape index (κ3) is 3.68. The van der Waals surface area contributed by atoms with Gasteiger partial charge in [0.05, 0.1) is 28.3 Å². The Balaban J connectivity index is 1.74. The first-order valence-corrected chi connectivity index (χ1v) is 10.4. The third-order valence-electron chi connectivity index (χ3n) is 4.73. The Morgan fingerprint density at radius 3 is 2.86 bits per heavy atom. The molecule has 8 nitrogen and oxygen atoms in total. The molecule has 0 saturated carbocycles. The van der Waals surface area contributed by atoms with Crippen LogP contribution in [0.4, 0.5) is 5.69 Å². The number of H-pyrrole nitrogens is 2. The van der Waals surface area contributed by atoms with E-state index in [1.165, 1.54) is 0 Å². The highest BCUT2D eigenvalue weighted by molar-refractivity contribution is 7.98. The number of fused-ring (bicyclic) bond motifs is 2. The second-order valence-electron chi connectivity index (χ2n) is 6.57. The Bertz CT molecular complexity index is 1310. The van der Waals surface area contributed by atoms with Gasteiger partial charge in [0.2, 0.25) is 5.91 Å². The highest BCUT2D eigenvalue weighted by Gasteiger charge is 2.25. The second-order valence-corrected chi connectivity index (χ2v) is 7.56. The van der Waals surface area contributed by atoms with Crippen LogP contribution in [0.1, 0.15) is 12.5 Å². The molecule has 2 heterocycles. The van der Waals surface area contributed by atoms with Crippen LogP contribution in [0.5, 0.6) is 0 Å². The number of anilines is 1. The number of aromatic amines is 2. The predicted octanol–water partition coefficient (Wildman–Crippen LogP) is 2.50. The number of nitrogens with one attached hydrogen (secondary N) is 3. The number of amides is 1. The third-order valence-corrected chi connectivity index (χ3v) is 5.38. The van der Waals surface area contributed by atoms with Crippen molar-refractivity contribution in [3.05, 3.63) is 69.6 Å². The van der Waals surface area contributed by atoms with Gasteiger partial charge < -0.3 is 15.3 Å². The number of para-hydroxylation sites is 1. The molecule has 3 N–H and O–H groups in total. The summed E-state index contributed by atoms with van der Waals surface area (Å²) in [4.78, 5) is 48.6. The van der Waals surface area contributed by atoms with Crippen LogP contribution in [-0.4, -0.2) is 37.4 Å². The number of hydrogen-bond acceptors (Lipinski definition) is 5. The molecule has 0 bridgehead atoms. The number of benzene rings is 2. The molecule has 0 saturated heterocycles. The first-order chi connectivity index (χ1) is 14.1. The zero-order valence-corrected chi connectivity index (χ0v) is 16.5. The normalized spacial score (nSPS) is 12.3. The van der Waals surface area contributed by atoms with Gasteiger partial charge in [-0.15, -0.1) is 0 Å². The number of imidazole rings is 1. The molecule has 9 heteroatoms. The molecule has 0 aliphatic rings. The minimum absolute atomic E-state index is 0.348. The van der Waals surface area contributed by atoms with Crippen molar-refractivity contribution in [3.8, 4) is 0 Å². The summed E-state index contributed by atoms with van der Waals surface area (Å²) in [6.07, 6.45) is 3.83. The van der Waals surface area contributed by atoms with E-state index >= 15 is 0 Å². The van der Waals surface area contributed by atoms with Gasteiger partial charge in [0.15, 0.2) is 0 Å². The lowest BCUT2D eigenvalue weighted by Crippen LogP contribution is -2.43. The minimum atomic E-state index is -0.930. The Morgan fingerprint density at radius 1 is 1.21 bits per heavy atom. The van der Waals surface area contributed by atoms with Gasteiger partial charge in [-0.2, -0.15) is 11.8 Å². The van der Waals surface area contributed by atoms with Crippen LogP contribution in [0.15, 0.2) is 58.4 Å². The molecule has 2 aromatic carbocycles. The molecule has 1 unspecified atom stereocenters. The van der Waals surface area contributed by atoms with Crippen molar-refractivity contribution in [2.75, 3.05) is 17.3 Å². The fourth-order valence-electron chi connectivity index (χ4n) is 3.30. The first-order valence-electron chi connectivity index (χ1n) is 9.05. The number of hydrogen-bond donors (Lipinski definition) is 3. The van der Waals surface area contributed by atoms with Gasteiger partial charge in [0, 0.05) is 5.69 Å². The van der Waals surface area contributed by atoms with Gasteiger partial charge >= 0.3 is 5.69 Å². The van der Waals surface area contributed by atoms with Crippen LogP contribution in [0, 0.1) is 0 Å². The van der Waals surface area contributed by atoms with Crippen LogP contribution in [-0.2, 0) is 4.79 Å². The van der Waals surface area contributed by atoms with E-state index in [0.29, 0.717) is 28.8 Å². The lowest BCUT2D eigenvalue weighted by molar-refractivity contribution is -0.119. The number of carbonyl (C=O) groups is 1. The molecule has 4 rings (SSSR count). The maximum absolute atomic E-state index is 13.1. The molecular formula is C20H19N5O3S. The van der Waals surface area contributed by atoms with Crippen molar-refractivity contribution in [1.82, 2.24) is 19.5 Å². The van der Waals surface area contributed by atoms with Gasteiger partial charge in [-0.25, -0.2) is 14.3 Å². The second kappa shape index (κ2) is 7.96. The average molecular weight is 409 g/mol. The van der Waals surface area contributed by atoms with E-state index in [-0.39, 0.29) is 0 Å². The van der Waals surface area contributed by atoms with E-state index in [4.69, 9.17) is 0 Å². The SMILES string of the molecule is CSCCC(C(=O)Nc1ccc2nc[nH]c2c1)n1c(=O)[nH]c2ccccc2c1=O. The van der Waals surface area contributed by atoms with Crippen molar-refractivity contribution in [2.45, 2.75) is 12.5 Å². The van der Waals surface area contributed by atoms with Crippen molar-refractivity contribution in [1.29, 1.82) is 0 Å². The average Bonchev–Trinajstić information content (AvgIpc) is 3.18. The van der Waals surface area contributed by atoms with E-state index in [2.05, 4.69) is 20.3 Å². The zero-order valence-electron chi connectivity index (χ0n) is 15.6. The smallest absolute Gasteiger partial charge is 0.329 e. The van der Waals surface area contributed by atoms with E-state index < -0.39 is 23.2 Å². The Labute approximate surface area is 169 Å². The molecule has 148 valence electrons. The van der Waals surface area contributed by atoms with Gasteiger partial charge in [0.1, 0.15) is 6.04 Å². The van der Waals surface area contributed by atoms with Crippen LogP contribution in [0.25, 0.3) is 21.9 Å². The maximum atomic E-state index is 13.1. The molecule has 0 aliphatic carbocycles. The lowest BCUT2D eigenvalue weighted by Gasteiger charge is -2.19. The number of aromatic nitrogens is 4. The monoisotopic (exact) mass is 409 g/mol. The van der Waals surface area contributed by atoms with Crippen molar-refractivity contribution in [3.63, 3.8) is 0 Å². The number of nitrogens with zero attached hydrogens (tertiary/aromatic N) is 2. The Morgan fingerprint density at radius 2 is 2.03 bits per heavy atom. The fourth-order valence-corrected chi connectivity index (χ4v) is 3.76. The molecule has 0 aliphatic heterocycles. The van der Waals surface area contributed by atoms with Gasteiger partial charge in [-0.3, -0.25) is 9.59 Å². The number of carbonyl (C=O) groups excluding carboxylic acids is 1. The lowest BCUT2D eigenvalue weighted by atomic mass is 10.1. The number of rotatable bonds is 6. The quantitative estimate of drug-likeness (QED) is 0.453. The molecule has 2 aromatic heterocycles. The summed E-state index contributed by atoms with van der Waals surface area (Å²) in [5, 5.41) is 3.19. The van der Waals surface area contributed by atoms with E-state index in [9.17, 15) is 14.4 Å². The Hall–Kier alpha value is -3.33. The van der Waals surface area contributed by atoms with E-state index in [1.54, 1.807) is 60.6 Å².